The smallest absolute Gasteiger partial charge is 0.166 e. The SMILES string of the molecule is c1ccc(-c2cccc(-c3cc(-c4nc(-c5ccccc5)nc(-c5cccc6c7ccccc7n(-c7ccccc7)c56)n4)cc(-c4ccccc4)c3-n3c4cc5ccccc5cc4c4ccc5ccccc5c43)c2)cc1. The Morgan fingerprint density at radius 1 is 0.237 bits per heavy atom. The van der Waals surface area contributed by atoms with Crippen LogP contribution >= 0.6 is 0 Å². The van der Waals surface area contributed by atoms with Gasteiger partial charge in [-0.25, -0.2) is 15.0 Å². The van der Waals surface area contributed by atoms with Crippen molar-refractivity contribution in [2.24, 2.45) is 0 Å². The largest absolute Gasteiger partial charge is 0.309 e. The van der Waals surface area contributed by atoms with Crippen LogP contribution in [-0.2, 0) is 0 Å². The fraction of sp³-hybridized carbons (Fsp3) is 0. The van der Waals surface area contributed by atoms with Crippen molar-refractivity contribution in [1.82, 2.24) is 24.1 Å². The first-order valence-electron chi connectivity index (χ1n) is 25.8. The molecule has 12 aromatic carbocycles. The second-order valence-electron chi connectivity index (χ2n) is 19.5. The second kappa shape index (κ2) is 17.8. The van der Waals surface area contributed by atoms with E-state index in [9.17, 15) is 0 Å². The molecule has 5 heteroatoms. The molecule has 0 aliphatic rings. The van der Waals surface area contributed by atoms with E-state index < -0.39 is 0 Å². The molecule has 3 aromatic heterocycles. The lowest BCUT2D eigenvalue weighted by molar-refractivity contribution is 1.07. The van der Waals surface area contributed by atoms with Crippen molar-refractivity contribution < 1.29 is 0 Å². The van der Waals surface area contributed by atoms with Gasteiger partial charge in [-0.3, -0.25) is 0 Å². The first-order chi connectivity index (χ1) is 37.7. The zero-order valence-corrected chi connectivity index (χ0v) is 41.2. The highest BCUT2D eigenvalue weighted by atomic mass is 15.1. The Hall–Kier alpha value is -10.2. The van der Waals surface area contributed by atoms with Crippen molar-refractivity contribution in [1.29, 1.82) is 0 Å². The van der Waals surface area contributed by atoms with Gasteiger partial charge in [0.1, 0.15) is 0 Å². The highest BCUT2D eigenvalue weighted by Crippen LogP contribution is 2.47. The van der Waals surface area contributed by atoms with Crippen LogP contribution < -0.4 is 0 Å². The summed E-state index contributed by atoms with van der Waals surface area (Å²) in [6, 6.07) is 98.0. The molecule has 354 valence electrons. The quantitative estimate of drug-likeness (QED) is 0.152. The minimum atomic E-state index is 0.575. The van der Waals surface area contributed by atoms with Crippen molar-refractivity contribution in [3.05, 3.63) is 273 Å². The topological polar surface area (TPSA) is 48.5 Å². The zero-order valence-electron chi connectivity index (χ0n) is 41.2. The van der Waals surface area contributed by atoms with Gasteiger partial charge in [0.15, 0.2) is 17.5 Å². The number of aromatic nitrogens is 5. The first-order valence-corrected chi connectivity index (χ1v) is 25.8. The average molecular weight is 968 g/mol. The van der Waals surface area contributed by atoms with Gasteiger partial charge in [0.05, 0.1) is 27.8 Å². The highest BCUT2D eigenvalue weighted by molar-refractivity contribution is 6.21. The van der Waals surface area contributed by atoms with E-state index >= 15 is 0 Å². The maximum atomic E-state index is 5.61. The van der Waals surface area contributed by atoms with Crippen LogP contribution in [0.3, 0.4) is 0 Å². The normalized spacial score (nSPS) is 11.7. The molecule has 0 aliphatic heterocycles. The van der Waals surface area contributed by atoms with Gasteiger partial charge in [-0.2, -0.15) is 0 Å². The molecule has 3 heterocycles. The highest BCUT2D eigenvalue weighted by Gasteiger charge is 2.26. The van der Waals surface area contributed by atoms with E-state index in [1.165, 1.54) is 32.3 Å². The second-order valence-corrected chi connectivity index (χ2v) is 19.5. The molecule has 0 N–H and O–H groups in total. The number of rotatable bonds is 8. The molecule has 0 spiro atoms. The molecular formula is C71H45N5. The number of fused-ring (bicyclic) bond motifs is 9. The molecule has 15 rings (SSSR count). The summed E-state index contributed by atoms with van der Waals surface area (Å²) in [7, 11) is 0. The number of benzene rings is 12. The van der Waals surface area contributed by atoms with Crippen molar-refractivity contribution in [3.63, 3.8) is 0 Å². The molecule has 0 saturated heterocycles. The van der Waals surface area contributed by atoms with E-state index in [0.29, 0.717) is 17.5 Å². The Morgan fingerprint density at radius 2 is 0.763 bits per heavy atom. The summed E-state index contributed by atoms with van der Waals surface area (Å²) in [5, 5.41) is 9.44. The maximum absolute atomic E-state index is 5.61. The minimum absolute atomic E-state index is 0.575. The molecule has 0 atom stereocenters. The van der Waals surface area contributed by atoms with Crippen LogP contribution in [0, 0.1) is 0 Å². The summed E-state index contributed by atoms with van der Waals surface area (Å²) in [5.74, 6) is 1.76. The van der Waals surface area contributed by atoms with Gasteiger partial charge in [-0.1, -0.05) is 218 Å². The molecular weight excluding hydrogens is 923 g/mol. The van der Waals surface area contributed by atoms with Crippen LogP contribution in [0.2, 0.25) is 0 Å². The molecule has 5 nitrogen and oxygen atoms in total. The van der Waals surface area contributed by atoms with Crippen LogP contribution in [0.25, 0.3) is 144 Å². The molecule has 15 aromatic rings. The van der Waals surface area contributed by atoms with Gasteiger partial charge in [0.2, 0.25) is 0 Å². The Morgan fingerprint density at radius 3 is 1.51 bits per heavy atom. The van der Waals surface area contributed by atoms with Crippen LogP contribution in [-0.4, -0.2) is 24.1 Å². The minimum Gasteiger partial charge on any atom is -0.309 e. The third-order valence-corrected chi connectivity index (χ3v) is 15.1. The Bertz CT molecular complexity index is 4730. The predicted molar refractivity (Wildman–Crippen MR) is 316 cm³/mol. The number of para-hydroxylation sites is 3. The van der Waals surface area contributed by atoms with Gasteiger partial charge < -0.3 is 9.13 Å². The van der Waals surface area contributed by atoms with Gasteiger partial charge in [-0.15, -0.1) is 0 Å². The standard InChI is InChI=1S/C71H45N5/c1-5-21-46(22-6-1)50-30-19-31-53(41-50)62-44-54(43-61(47-23-7-2-8-24-47)68(62)76-65-45-52-29-14-13-28-51(52)42-63(65)59-40-39-48-25-15-16-34-56(48)66(59)76)70-72-69(49-26-9-3-10-27-49)73-71(74-70)60-37-20-36-58-57-35-17-18-38-64(57)75(67(58)60)55-32-11-4-12-33-55/h1-45H. The van der Waals surface area contributed by atoms with Crippen molar-refractivity contribution in [2.45, 2.75) is 0 Å². The lowest BCUT2D eigenvalue weighted by Crippen LogP contribution is -2.05. The van der Waals surface area contributed by atoms with Crippen molar-refractivity contribution in [3.8, 4) is 78.9 Å². The van der Waals surface area contributed by atoms with Crippen LogP contribution in [0.15, 0.2) is 273 Å². The van der Waals surface area contributed by atoms with Gasteiger partial charge in [-0.05, 0) is 93.0 Å². The van der Waals surface area contributed by atoms with E-state index in [1.54, 1.807) is 0 Å². The summed E-state index contributed by atoms with van der Waals surface area (Å²) in [6.45, 7) is 0. The van der Waals surface area contributed by atoms with Gasteiger partial charge in [0.25, 0.3) is 0 Å². The van der Waals surface area contributed by atoms with Gasteiger partial charge in [0, 0.05) is 60.4 Å². The van der Waals surface area contributed by atoms with E-state index in [0.717, 1.165) is 94.3 Å². The predicted octanol–water partition coefficient (Wildman–Crippen LogP) is 18.4. The summed E-state index contributed by atoms with van der Waals surface area (Å²) in [4.78, 5) is 16.5. The molecule has 76 heavy (non-hydrogen) atoms. The zero-order chi connectivity index (χ0) is 50.1. The maximum Gasteiger partial charge on any atom is 0.166 e. The molecule has 0 unspecified atom stereocenters. The van der Waals surface area contributed by atoms with Crippen LogP contribution in [0.1, 0.15) is 0 Å². The van der Waals surface area contributed by atoms with E-state index in [1.807, 2.05) is 18.2 Å². The first kappa shape index (κ1) is 43.4. The average Bonchev–Trinajstić information content (AvgIpc) is 4.05. The van der Waals surface area contributed by atoms with Crippen LogP contribution in [0.4, 0.5) is 0 Å². The Labute approximate surface area is 438 Å². The van der Waals surface area contributed by atoms with Crippen molar-refractivity contribution in [2.75, 3.05) is 0 Å². The van der Waals surface area contributed by atoms with E-state index in [-0.39, 0.29) is 0 Å². The Balaban J connectivity index is 1.08. The summed E-state index contributed by atoms with van der Waals surface area (Å²) in [5.41, 5.74) is 15.8. The lowest BCUT2D eigenvalue weighted by Gasteiger charge is -2.22. The summed E-state index contributed by atoms with van der Waals surface area (Å²) in [6.07, 6.45) is 0. The van der Waals surface area contributed by atoms with E-state index in [4.69, 9.17) is 15.0 Å². The molecule has 0 amide bonds. The summed E-state index contributed by atoms with van der Waals surface area (Å²) < 4.78 is 4.90. The lowest BCUT2D eigenvalue weighted by atomic mass is 9.91. The molecule has 0 radical (unpaired) electrons. The third kappa shape index (κ3) is 7.13. The number of hydrogen-bond acceptors (Lipinski definition) is 3. The monoisotopic (exact) mass is 967 g/mol. The number of nitrogens with zero attached hydrogens (tertiary/aromatic N) is 5. The molecule has 0 bridgehead atoms. The van der Waals surface area contributed by atoms with Crippen molar-refractivity contribution >= 4 is 65.2 Å². The fourth-order valence-corrected chi connectivity index (χ4v) is 11.6. The fourth-order valence-electron chi connectivity index (χ4n) is 11.6. The molecule has 0 saturated carbocycles. The molecule has 0 aliphatic carbocycles. The number of hydrogen-bond donors (Lipinski definition) is 0. The van der Waals surface area contributed by atoms with Crippen LogP contribution in [0.5, 0.6) is 0 Å². The van der Waals surface area contributed by atoms with E-state index in [2.05, 4.69) is 264 Å². The van der Waals surface area contributed by atoms with Gasteiger partial charge >= 0.3 is 0 Å². The summed E-state index contributed by atoms with van der Waals surface area (Å²) >= 11 is 0. The Kier molecular flexibility index (Phi) is 10.1. The molecule has 0 fully saturated rings. The third-order valence-electron chi connectivity index (χ3n) is 15.1.